The van der Waals surface area contributed by atoms with E-state index in [4.69, 9.17) is 32.7 Å². The van der Waals surface area contributed by atoms with Gasteiger partial charge in [-0.2, -0.15) is 0 Å². The fourth-order valence-electron chi connectivity index (χ4n) is 2.91. The molecule has 0 aromatic heterocycles. The number of fused-ring (bicyclic) bond motifs is 1. The average Bonchev–Trinajstić information content (AvgIpc) is 3.07. The predicted octanol–water partition coefficient (Wildman–Crippen LogP) is 4.14. The molecule has 1 aliphatic rings. The zero-order chi connectivity index (χ0) is 18.8. The summed E-state index contributed by atoms with van der Waals surface area (Å²) < 4.78 is 10.4. The summed E-state index contributed by atoms with van der Waals surface area (Å²) in [4.78, 5) is 26.1. The molecule has 0 radical (unpaired) electrons. The molecule has 2 aromatic carbocycles. The summed E-state index contributed by atoms with van der Waals surface area (Å²) >= 11 is 12.1. The van der Waals surface area contributed by atoms with Crippen molar-refractivity contribution in [1.82, 2.24) is 0 Å². The molecular weight excluding hydrogens is 377 g/mol. The van der Waals surface area contributed by atoms with E-state index in [0.717, 1.165) is 11.3 Å². The highest BCUT2D eigenvalue weighted by Gasteiger charge is 2.30. The van der Waals surface area contributed by atoms with Gasteiger partial charge < -0.3 is 14.4 Å². The van der Waals surface area contributed by atoms with E-state index in [-0.39, 0.29) is 10.9 Å². The number of hydrogen-bond acceptors (Lipinski definition) is 4. The Morgan fingerprint density at radius 2 is 1.96 bits per heavy atom. The maximum atomic E-state index is 12.8. The topological polar surface area (TPSA) is 55.8 Å². The minimum atomic E-state index is -0.739. The number of carbonyl (C=O) groups excluding carboxylic acids is 2. The second-order valence-electron chi connectivity index (χ2n) is 5.89. The Morgan fingerprint density at radius 1 is 1.19 bits per heavy atom. The summed E-state index contributed by atoms with van der Waals surface area (Å²) in [7, 11) is 1.34. The number of hydrogen-bond donors (Lipinski definition) is 0. The molecule has 0 N–H and O–H groups in total. The fourth-order valence-corrected chi connectivity index (χ4v) is 3.25. The standard InChI is InChI=1S/C19H17Cl2NO4/c1-11(26-16-5-3-4-14(20)17(16)21)18(23)22-9-8-12-10-13(19(24)25-2)6-7-15(12)22/h3-7,10-11H,8-9H2,1-2H3. The smallest absolute Gasteiger partial charge is 0.337 e. The largest absolute Gasteiger partial charge is 0.479 e. The Labute approximate surface area is 161 Å². The molecule has 26 heavy (non-hydrogen) atoms. The lowest BCUT2D eigenvalue weighted by atomic mass is 10.1. The Morgan fingerprint density at radius 3 is 2.69 bits per heavy atom. The highest BCUT2D eigenvalue weighted by atomic mass is 35.5. The molecule has 2 aromatic rings. The van der Waals surface area contributed by atoms with Crippen LogP contribution in [0.3, 0.4) is 0 Å². The zero-order valence-electron chi connectivity index (χ0n) is 14.3. The molecule has 136 valence electrons. The lowest BCUT2D eigenvalue weighted by Gasteiger charge is -2.23. The molecule has 0 spiro atoms. The van der Waals surface area contributed by atoms with E-state index in [9.17, 15) is 9.59 Å². The van der Waals surface area contributed by atoms with E-state index in [2.05, 4.69) is 0 Å². The van der Waals surface area contributed by atoms with Crippen LogP contribution in [0.25, 0.3) is 0 Å². The Balaban J connectivity index is 1.77. The van der Waals surface area contributed by atoms with Crippen LogP contribution in [0.4, 0.5) is 5.69 Å². The average molecular weight is 394 g/mol. The fraction of sp³-hybridized carbons (Fsp3) is 0.263. The maximum absolute atomic E-state index is 12.8. The number of anilines is 1. The summed E-state index contributed by atoms with van der Waals surface area (Å²) in [6.07, 6.45) is -0.0755. The number of carbonyl (C=O) groups is 2. The molecule has 0 saturated carbocycles. The molecule has 1 heterocycles. The van der Waals surface area contributed by atoms with Gasteiger partial charge in [-0.3, -0.25) is 4.79 Å². The van der Waals surface area contributed by atoms with Gasteiger partial charge in [0.2, 0.25) is 0 Å². The quantitative estimate of drug-likeness (QED) is 0.732. The Hall–Kier alpha value is -2.24. The summed E-state index contributed by atoms with van der Waals surface area (Å²) in [6.45, 7) is 2.19. The lowest BCUT2D eigenvalue weighted by Crippen LogP contribution is -2.39. The SMILES string of the molecule is COC(=O)c1ccc2c(c1)CCN2C(=O)C(C)Oc1cccc(Cl)c1Cl. The van der Waals surface area contributed by atoms with Crippen LogP contribution < -0.4 is 9.64 Å². The highest BCUT2D eigenvalue weighted by molar-refractivity contribution is 6.42. The molecule has 3 rings (SSSR count). The third-order valence-electron chi connectivity index (χ3n) is 4.23. The van der Waals surface area contributed by atoms with Gasteiger partial charge in [-0.05, 0) is 49.2 Å². The van der Waals surface area contributed by atoms with Gasteiger partial charge in [-0.1, -0.05) is 29.3 Å². The number of esters is 1. The van der Waals surface area contributed by atoms with E-state index in [1.807, 2.05) is 0 Å². The number of methoxy groups -OCH3 is 1. The predicted molar refractivity (Wildman–Crippen MR) is 100 cm³/mol. The van der Waals surface area contributed by atoms with Crippen molar-refractivity contribution >= 4 is 40.8 Å². The lowest BCUT2D eigenvalue weighted by molar-refractivity contribution is -0.124. The van der Waals surface area contributed by atoms with Gasteiger partial charge in [0.05, 0.1) is 17.7 Å². The number of amides is 1. The van der Waals surface area contributed by atoms with Crippen LogP contribution in [0.5, 0.6) is 5.75 Å². The van der Waals surface area contributed by atoms with Gasteiger partial charge in [0.15, 0.2) is 6.10 Å². The van der Waals surface area contributed by atoms with Crippen LogP contribution in [0.15, 0.2) is 36.4 Å². The monoisotopic (exact) mass is 393 g/mol. The van der Waals surface area contributed by atoms with Crippen molar-refractivity contribution in [1.29, 1.82) is 0 Å². The van der Waals surface area contributed by atoms with Crippen LogP contribution >= 0.6 is 23.2 Å². The first-order valence-electron chi connectivity index (χ1n) is 8.05. The van der Waals surface area contributed by atoms with Gasteiger partial charge in [0.1, 0.15) is 10.8 Å². The Bertz CT molecular complexity index is 869. The maximum Gasteiger partial charge on any atom is 0.337 e. The minimum absolute atomic E-state index is 0.189. The first-order chi connectivity index (χ1) is 12.4. The van der Waals surface area contributed by atoms with Crippen LogP contribution in [0.1, 0.15) is 22.8 Å². The number of halogens is 2. The van der Waals surface area contributed by atoms with Crippen molar-refractivity contribution in [3.05, 3.63) is 57.6 Å². The number of benzene rings is 2. The van der Waals surface area contributed by atoms with Gasteiger partial charge in [-0.15, -0.1) is 0 Å². The second kappa shape index (κ2) is 7.56. The number of nitrogens with zero attached hydrogens (tertiary/aromatic N) is 1. The van der Waals surface area contributed by atoms with E-state index < -0.39 is 12.1 Å². The highest BCUT2D eigenvalue weighted by Crippen LogP contribution is 2.33. The molecule has 1 unspecified atom stereocenters. The first kappa shape index (κ1) is 18.5. The molecular formula is C19H17Cl2NO4. The number of rotatable bonds is 4. The van der Waals surface area contributed by atoms with E-state index in [0.29, 0.717) is 29.3 Å². The van der Waals surface area contributed by atoms with Crippen LogP contribution in [0, 0.1) is 0 Å². The van der Waals surface area contributed by atoms with Crippen molar-refractivity contribution in [2.45, 2.75) is 19.4 Å². The molecule has 5 nitrogen and oxygen atoms in total. The van der Waals surface area contributed by atoms with Crippen LogP contribution in [0.2, 0.25) is 10.0 Å². The van der Waals surface area contributed by atoms with Crippen LogP contribution in [-0.4, -0.2) is 31.6 Å². The summed E-state index contributed by atoms with van der Waals surface area (Å²) in [5.41, 5.74) is 2.17. The molecule has 0 aliphatic carbocycles. The van der Waals surface area contributed by atoms with Gasteiger partial charge in [-0.25, -0.2) is 4.79 Å². The van der Waals surface area contributed by atoms with Crippen molar-refractivity contribution < 1.29 is 19.1 Å². The summed E-state index contributed by atoms with van der Waals surface area (Å²) in [6, 6.07) is 10.2. The molecule has 1 amide bonds. The van der Waals surface area contributed by atoms with E-state index in [1.165, 1.54) is 7.11 Å². The van der Waals surface area contributed by atoms with Crippen molar-refractivity contribution in [2.75, 3.05) is 18.6 Å². The van der Waals surface area contributed by atoms with Crippen molar-refractivity contribution in [2.24, 2.45) is 0 Å². The zero-order valence-corrected chi connectivity index (χ0v) is 15.8. The molecule has 0 bridgehead atoms. The molecule has 0 saturated heterocycles. The molecule has 7 heteroatoms. The van der Waals surface area contributed by atoms with Gasteiger partial charge in [0.25, 0.3) is 5.91 Å². The third kappa shape index (κ3) is 3.50. The van der Waals surface area contributed by atoms with E-state index >= 15 is 0 Å². The van der Waals surface area contributed by atoms with Gasteiger partial charge in [0, 0.05) is 12.2 Å². The second-order valence-corrected chi connectivity index (χ2v) is 6.67. The van der Waals surface area contributed by atoms with E-state index in [1.54, 1.807) is 48.2 Å². The summed E-state index contributed by atoms with van der Waals surface area (Å²) in [5, 5.41) is 0.643. The van der Waals surface area contributed by atoms with Crippen molar-refractivity contribution in [3.63, 3.8) is 0 Å². The minimum Gasteiger partial charge on any atom is -0.479 e. The van der Waals surface area contributed by atoms with Crippen LogP contribution in [-0.2, 0) is 16.0 Å². The molecule has 1 atom stereocenters. The van der Waals surface area contributed by atoms with Crippen molar-refractivity contribution in [3.8, 4) is 5.75 Å². The Kier molecular flexibility index (Phi) is 5.39. The first-order valence-corrected chi connectivity index (χ1v) is 8.81. The third-order valence-corrected chi connectivity index (χ3v) is 5.03. The normalized spacial score (nSPS) is 13.9. The molecule has 0 fully saturated rings. The molecule has 1 aliphatic heterocycles. The van der Waals surface area contributed by atoms with Gasteiger partial charge >= 0.3 is 5.97 Å². The summed E-state index contributed by atoms with van der Waals surface area (Å²) in [5.74, 6) is -0.226. The number of ether oxygens (including phenoxy) is 2.